The van der Waals surface area contributed by atoms with E-state index in [1.807, 2.05) is 0 Å². The molecule has 2 heterocycles. The molecule has 4 rings (SSSR count). The van der Waals surface area contributed by atoms with Gasteiger partial charge < -0.3 is 9.67 Å². The highest BCUT2D eigenvalue weighted by molar-refractivity contribution is 6.30. The summed E-state index contributed by atoms with van der Waals surface area (Å²) in [7, 11) is 1.68. The first-order chi connectivity index (χ1) is 11.8. The van der Waals surface area contributed by atoms with Gasteiger partial charge in [-0.15, -0.1) is 0 Å². The first-order valence-corrected chi connectivity index (χ1v) is 8.44. The average Bonchev–Trinajstić information content (AvgIpc) is 3.32. The molecule has 0 amide bonds. The van der Waals surface area contributed by atoms with Gasteiger partial charge in [-0.3, -0.25) is 9.48 Å². The fraction of sp³-hybridized carbons (Fsp3) is 0.333. The quantitative estimate of drug-likeness (QED) is 0.779. The van der Waals surface area contributed by atoms with Crippen molar-refractivity contribution in [1.82, 2.24) is 14.3 Å². The Hall–Kier alpha value is -2.18. The molecule has 7 heteroatoms. The third-order valence-electron chi connectivity index (χ3n) is 4.81. The number of pyridine rings is 1. The van der Waals surface area contributed by atoms with Gasteiger partial charge in [0.05, 0.1) is 10.7 Å². The Morgan fingerprint density at radius 3 is 2.72 bits per heavy atom. The highest BCUT2D eigenvalue weighted by atomic mass is 35.5. The van der Waals surface area contributed by atoms with Crippen molar-refractivity contribution in [3.05, 3.63) is 62.9 Å². The number of aryl methyl sites for hydroxylation is 1. The van der Waals surface area contributed by atoms with Crippen molar-refractivity contribution in [2.45, 2.75) is 31.4 Å². The molecule has 0 saturated heterocycles. The molecule has 0 bridgehead atoms. The summed E-state index contributed by atoms with van der Waals surface area (Å²) >= 11 is 5.87. The first kappa shape index (κ1) is 16.3. The molecule has 130 valence electrons. The van der Waals surface area contributed by atoms with E-state index in [0.29, 0.717) is 22.2 Å². The smallest absolute Gasteiger partial charge is 0.279 e. The van der Waals surface area contributed by atoms with Crippen LogP contribution in [-0.4, -0.2) is 19.5 Å². The number of rotatable bonds is 3. The van der Waals surface area contributed by atoms with Gasteiger partial charge in [0.25, 0.3) is 5.56 Å². The van der Waals surface area contributed by atoms with Gasteiger partial charge in [0.15, 0.2) is 5.52 Å². The summed E-state index contributed by atoms with van der Waals surface area (Å²) in [5, 5.41) is 16.0. The molecule has 0 spiro atoms. The van der Waals surface area contributed by atoms with E-state index >= 15 is 0 Å². The maximum Gasteiger partial charge on any atom is 0.279 e. The molecular formula is C18H17ClFN3O2. The molecule has 2 aromatic heterocycles. The Morgan fingerprint density at radius 2 is 2.08 bits per heavy atom. The van der Waals surface area contributed by atoms with E-state index in [2.05, 4.69) is 5.10 Å². The van der Waals surface area contributed by atoms with E-state index in [4.69, 9.17) is 11.6 Å². The van der Waals surface area contributed by atoms with Crippen LogP contribution in [0, 0.1) is 5.82 Å². The van der Waals surface area contributed by atoms with Gasteiger partial charge in [-0.2, -0.15) is 5.10 Å². The van der Waals surface area contributed by atoms with Crippen LogP contribution in [0.4, 0.5) is 4.39 Å². The second-order valence-corrected chi connectivity index (χ2v) is 7.10. The number of halogens is 2. The molecule has 0 aliphatic heterocycles. The summed E-state index contributed by atoms with van der Waals surface area (Å²) in [6.07, 6.45) is 3.75. The maximum absolute atomic E-state index is 13.5. The predicted octanol–water partition coefficient (Wildman–Crippen LogP) is 3.12. The molecular weight excluding hydrogens is 345 g/mol. The number of aromatic nitrogens is 3. The van der Waals surface area contributed by atoms with E-state index in [1.165, 1.54) is 22.9 Å². The van der Waals surface area contributed by atoms with Gasteiger partial charge >= 0.3 is 0 Å². The van der Waals surface area contributed by atoms with Crippen LogP contribution >= 0.6 is 11.6 Å². The molecule has 0 unspecified atom stereocenters. The zero-order valence-electron chi connectivity index (χ0n) is 13.8. The molecule has 1 atom stereocenters. The van der Waals surface area contributed by atoms with E-state index in [1.54, 1.807) is 30.8 Å². The van der Waals surface area contributed by atoms with Crippen molar-refractivity contribution in [3.8, 4) is 0 Å². The van der Waals surface area contributed by atoms with E-state index in [9.17, 15) is 14.3 Å². The van der Waals surface area contributed by atoms with Crippen molar-refractivity contribution in [3.63, 3.8) is 0 Å². The first-order valence-electron chi connectivity index (χ1n) is 8.07. The molecule has 3 aromatic rings. The van der Waals surface area contributed by atoms with Crippen molar-refractivity contribution in [2.24, 2.45) is 7.05 Å². The molecule has 0 radical (unpaired) electrons. The lowest BCUT2D eigenvalue weighted by molar-refractivity contribution is 0.0944. The second kappa shape index (κ2) is 5.41. The Labute approximate surface area is 148 Å². The minimum atomic E-state index is -1.49. The van der Waals surface area contributed by atoms with Crippen LogP contribution in [0.1, 0.15) is 37.1 Å². The Bertz CT molecular complexity index is 1050. The summed E-state index contributed by atoms with van der Waals surface area (Å²) in [5.41, 5.74) is -0.436. The molecule has 1 saturated carbocycles. The van der Waals surface area contributed by atoms with Gasteiger partial charge in [-0.1, -0.05) is 17.7 Å². The van der Waals surface area contributed by atoms with Crippen molar-refractivity contribution in [2.75, 3.05) is 0 Å². The zero-order chi connectivity index (χ0) is 17.9. The molecule has 1 aliphatic carbocycles. The summed E-state index contributed by atoms with van der Waals surface area (Å²) in [4.78, 5) is 12.7. The molecule has 1 fully saturated rings. The lowest BCUT2D eigenvalue weighted by atomic mass is 9.90. The van der Waals surface area contributed by atoms with Gasteiger partial charge in [0, 0.05) is 24.7 Å². The maximum atomic E-state index is 13.5. The average molecular weight is 362 g/mol. The van der Waals surface area contributed by atoms with Crippen molar-refractivity contribution < 1.29 is 9.50 Å². The molecule has 25 heavy (non-hydrogen) atoms. The van der Waals surface area contributed by atoms with E-state index in [0.717, 1.165) is 12.8 Å². The molecule has 1 aromatic carbocycles. The largest absolute Gasteiger partial charge is 0.379 e. The second-order valence-electron chi connectivity index (χ2n) is 6.69. The Morgan fingerprint density at radius 1 is 1.36 bits per heavy atom. The topological polar surface area (TPSA) is 60.0 Å². The van der Waals surface area contributed by atoms with Crippen LogP contribution in [0.5, 0.6) is 0 Å². The minimum Gasteiger partial charge on any atom is -0.379 e. The van der Waals surface area contributed by atoms with Crippen LogP contribution in [0.3, 0.4) is 0 Å². The fourth-order valence-electron chi connectivity index (χ4n) is 3.35. The normalized spacial score (nSPS) is 17.0. The van der Waals surface area contributed by atoms with Gasteiger partial charge in [-0.25, -0.2) is 4.39 Å². The summed E-state index contributed by atoms with van der Waals surface area (Å²) in [6, 6.07) is 6.13. The SMILES string of the molecule is Cn1nc2c(=O)n(C3CC3)ccc2c1[C@](C)(O)c1ccc(F)c(Cl)c1. The standard InChI is InChI=1S/C18H17ClFN3O2/c1-18(25,10-3-6-14(20)13(19)9-10)16-12-7-8-23(11-4-5-11)17(24)15(12)21-22(16)2/h3,6-9,11,25H,4-5H2,1-2H3/t18-/m1/s1. The highest BCUT2D eigenvalue weighted by Gasteiger charge is 2.34. The number of fused-ring (bicyclic) bond motifs is 1. The number of hydrogen-bond donors (Lipinski definition) is 1. The van der Waals surface area contributed by atoms with Gasteiger partial charge in [0.2, 0.25) is 0 Å². The van der Waals surface area contributed by atoms with Crippen LogP contribution < -0.4 is 5.56 Å². The predicted molar refractivity (Wildman–Crippen MR) is 93.3 cm³/mol. The number of aliphatic hydroxyl groups is 1. The van der Waals surface area contributed by atoms with Crippen LogP contribution in [0.15, 0.2) is 35.3 Å². The lowest BCUT2D eigenvalue weighted by Gasteiger charge is -2.25. The summed E-state index contributed by atoms with van der Waals surface area (Å²) < 4.78 is 16.7. The van der Waals surface area contributed by atoms with Crippen molar-refractivity contribution >= 4 is 22.5 Å². The number of benzene rings is 1. The third-order valence-corrected chi connectivity index (χ3v) is 5.10. The molecule has 5 nitrogen and oxygen atoms in total. The lowest BCUT2D eigenvalue weighted by Crippen LogP contribution is -2.26. The zero-order valence-corrected chi connectivity index (χ0v) is 14.6. The minimum absolute atomic E-state index is 0.0691. The van der Waals surface area contributed by atoms with Crippen molar-refractivity contribution in [1.29, 1.82) is 0 Å². The van der Waals surface area contributed by atoms with Gasteiger partial charge in [0.1, 0.15) is 11.4 Å². The molecule has 1 aliphatic rings. The fourth-order valence-corrected chi connectivity index (χ4v) is 3.53. The van der Waals surface area contributed by atoms with Crippen LogP contribution in [0.25, 0.3) is 10.9 Å². The van der Waals surface area contributed by atoms with E-state index < -0.39 is 11.4 Å². The Kier molecular flexibility index (Phi) is 3.53. The molecule has 1 N–H and O–H groups in total. The van der Waals surface area contributed by atoms with E-state index in [-0.39, 0.29) is 16.6 Å². The third kappa shape index (κ3) is 2.48. The van der Waals surface area contributed by atoms with Gasteiger partial charge in [-0.05, 0) is 43.5 Å². The Balaban J connectivity index is 1.93. The number of nitrogens with zero attached hydrogens (tertiary/aromatic N) is 3. The summed E-state index contributed by atoms with van der Waals surface area (Å²) in [5.74, 6) is -0.552. The monoisotopic (exact) mass is 361 g/mol. The number of hydrogen-bond acceptors (Lipinski definition) is 3. The van der Waals surface area contributed by atoms with Crippen LogP contribution in [0.2, 0.25) is 5.02 Å². The summed E-state index contributed by atoms with van der Waals surface area (Å²) in [6.45, 7) is 1.58. The van der Waals surface area contributed by atoms with Crippen LogP contribution in [-0.2, 0) is 12.6 Å². The highest BCUT2D eigenvalue weighted by Crippen LogP contribution is 2.36.